The van der Waals surface area contributed by atoms with Crippen molar-refractivity contribution in [1.82, 2.24) is 4.98 Å². The topological polar surface area (TPSA) is 66.9 Å². The normalized spacial score (nSPS) is 18.2. The van der Waals surface area contributed by atoms with Crippen molar-refractivity contribution >= 4 is 29.5 Å². The van der Waals surface area contributed by atoms with Crippen LogP contribution in [-0.2, 0) is 14.0 Å². The Labute approximate surface area is 155 Å². The van der Waals surface area contributed by atoms with Gasteiger partial charge in [-0.05, 0) is 52.2 Å². The average molecular weight is 359 g/mol. The van der Waals surface area contributed by atoms with Crippen molar-refractivity contribution in [1.29, 1.82) is 0 Å². The first-order valence-corrected chi connectivity index (χ1v) is 8.70. The molecular formula is C19H26BNO5. The molecule has 2 heterocycles. The van der Waals surface area contributed by atoms with Crippen LogP contribution in [0.4, 0.5) is 0 Å². The molecule has 3 rings (SSSR count). The van der Waals surface area contributed by atoms with Crippen LogP contribution in [0.25, 0.3) is 10.9 Å². The summed E-state index contributed by atoms with van der Waals surface area (Å²) < 4.78 is 22.5. The smallest absolute Gasteiger partial charge is 0.480 e. The van der Waals surface area contributed by atoms with Gasteiger partial charge in [0, 0.05) is 6.81 Å². The lowest BCUT2D eigenvalue weighted by molar-refractivity contribution is 0.00578. The number of hydrogen-bond donors (Lipinski definition) is 0. The third-order valence-electron chi connectivity index (χ3n) is 5.02. The maximum Gasteiger partial charge on any atom is 0.494 e. The fourth-order valence-electron chi connectivity index (χ4n) is 2.80. The van der Waals surface area contributed by atoms with Gasteiger partial charge >= 0.3 is 13.1 Å². The van der Waals surface area contributed by atoms with Crippen LogP contribution in [0.3, 0.4) is 0 Å². The van der Waals surface area contributed by atoms with E-state index in [-0.39, 0.29) is 7.31 Å². The van der Waals surface area contributed by atoms with E-state index >= 15 is 0 Å². The second-order valence-electron chi connectivity index (χ2n) is 7.31. The van der Waals surface area contributed by atoms with E-state index in [0.29, 0.717) is 17.7 Å². The van der Waals surface area contributed by atoms with Crippen LogP contribution < -0.4 is 10.2 Å². The van der Waals surface area contributed by atoms with E-state index in [0.717, 1.165) is 10.8 Å². The minimum Gasteiger partial charge on any atom is -0.480 e. The molecule has 0 atom stereocenters. The van der Waals surface area contributed by atoms with E-state index in [9.17, 15) is 4.79 Å². The maximum absolute atomic E-state index is 12.1. The van der Waals surface area contributed by atoms with Crippen molar-refractivity contribution in [3.63, 3.8) is 0 Å². The van der Waals surface area contributed by atoms with Crippen molar-refractivity contribution in [3.05, 3.63) is 29.8 Å². The number of rotatable bonds is 4. The van der Waals surface area contributed by atoms with Crippen molar-refractivity contribution in [2.75, 3.05) is 13.7 Å². The molecule has 0 aliphatic carbocycles. The number of fused-ring (bicyclic) bond motifs is 1. The summed E-state index contributed by atoms with van der Waals surface area (Å²) >= 11 is 0. The number of benzene rings is 1. The van der Waals surface area contributed by atoms with Gasteiger partial charge in [0.05, 0.1) is 30.4 Å². The van der Waals surface area contributed by atoms with Crippen LogP contribution in [-0.4, -0.2) is 43.0 Å². The van der Waals surface area contributed by atoms with Crippen LogP contribution in [0.1, 0.15) is 46.4 Å². The summed E-state index contributed by atoms with van der Waals surface area (Å²) in [4.78, 5) is 16.6. The minimum absolute atomic E-state index is 0. The Kier molecular flexibility index (Phi) is 4.71. The molecule has 0 saturated carbocycles. The van der Waals surface area contributed by atoms with Crippen molar-refractivity contribution in [3.8, 4) is 5.88 Å². The minimum atomic E-state index is -0.470. The van der Waals surface area contributed by atoms with E-state index in [2.05, 4.69) is 4.98 Å². The zero-order valence-electron chi connectivity index (χ0n) is 16.1. The number of hydrogen-bond acceptors (Lipinski definition) is 6. The lowest BCUT2D eigenvalue weighted by Crippen LogP contribution is -2.41. The Balaban J connectivity index is 0.00000261. The van der Waals surface area contributed by atoms with Gasteiger partial charge in [-0.1, -0.05) is 12.1 Å². The van der Waals surface area contributed by atoms with Crippen molar-refractivity contribution in [2.24, 2.45) is 0 Å². The summed E-state index contributed by atoms with van der Waals surface area (Å²) in [6.07, 6.45) is 0. The molecule has 1 aromatic carbocycles. The molecule has 0 spiro atoms. The predicted octanol–water partition coefficient (Wildman–Crippen LogP) is 2.97. The predicted molar refractivity (Wildman–Crippen MR) is 102 cm³/mol. The first-order valence-electron chi connectivity index (χ1n) is 8.70. The second kappa shape index (κ2) is 6.56. The summed E-state index contributed by atoms with van der Waals surface area (Å²) in [6, 6.07) is 7.44. The third kappa shape index (κ3) is 3.17. The summed E-state index contributed by atoms with van der Waals surface area (Å²) in [5, 5.41) is 0.814. The molecule has 1 fully saturated rings. The van der Waals surface area contributed by atoms with Crippen LogP contribution in [0.15, 0.2) is 24.3 Å². The molecule has 1 aliphatic heterocycles. The SMILES string of the molecule is CCOC(=O)c1cc2ccc(B3OC(C)(C)C(C)(C)O3)cc2nc1OC.[HH]. The van der Waals surface area contributed by atoms with Gasteiger partial charge in [0.25, 0.3) is 0 Å². The summed E-state index contributed by atoms with van der Waals surface area (Å²) in [6.45, 7) is 10.1. The standard InChI is InChI=1S/C19H24BNO5.H2/c1-7-24-17(22)14-10-12-8-9-13(11-15(12)21-16(14)23-6)20-25-18(2,3)19(4,5)26-20;/h8-11H,7H2,1-6H3;1H. The van der Waals surface area contributed by atoms with Gasteiger partial charge < -0.3 is 18.8 Å². The van der Waals surface area contributed by atoms with Gasteiger partial charge in [0.15, 0.2) is 0 Å². The molecule has 6 nitrogen and oxygen atoms in total. The quantitative estimate of drug-likeness (QED) is 0.618. The van der Waals surface area contributed by atoms with Crippen molar-refractivity contribution in [2.45, 2.75) is 45.8 Å². The highest BCUT2D eigenvalue weighted by Gasteiger charge is 2.51. The lowest BCUT2D eigenvalue weighted by Gasteiger charge is -2.32. The second-order valence-corrected chi connectivity index (χ2v) is 7.31. The zero-order valence-corrected chi connectivity index (χ0v) is 16.1. The fraction of sp³-hybridized carbons (Fsp3) is 0.474. The first kappa shape index (κ1) is 18.7. The van der Waals surface area contributed by atoms with Gasteiger partial charge in [-0.3, -0.25) is 0 Å². The van der Waals surface area contributed by atoms with E-state index in [1.165, 1.54) is 7.11 Å². The van der Waals surface area contributed by atoms with Gasteiger partial charge in [0.1, 0.15) is 5.56 Å². The maximum atomic E-state index is 12.1. The monoisotopic (exact) mass is 359 g/mol. The number of carbonyl (C=O) groups excluding carboxylic acids is 1. The molecule has 1 saturated heterocycles. The molecule has 140 valence electrons. The van der Waals surface area contributed by atoms with Crippen LogP contribution >= 0.6 is 0 Å². The van der Waals surface area contributed by atoms with Crippen molar-refractivity contribution < 1.29 is 25.0 Å². The van der Waals surface area contributed by atoms with Crippen LogP contribution in [0.2, 0.25) is 0 Å². The summed E-state index contributed by atoms with van der Waals surface area (Å²) in [7, 11) is 1.01. The van der Waals surface area contributed by atoms with E-state index in [1.807, 2.05) is 45.9 Å². The first-order chi connectivity index (χ1) is 12.2. The Morgan fingerprint density at radius 2 is 1.85 bits per heavy atom. The molecule has 0 bridgehead atoms. The van der Waals surface area contributed by atoms with Crippen LogP contribution in [0.5, 0.6) is 5.88 Å². The Morgan fingerprint density at radius 3 is 2.42 bits per heavy atom. The van der Waals surface area contributed by atoms with Gasteiger partial charge in [-0.15, -0.1) is 0 Å². The number of ether oxygens (including phenoxy) is 2. The third-order valence-corrected chi connectivity index (χ3v) is 5.02. The Bertz CT molecular complexity index is 839. The number of esters is 1. The Hall–Kier alpha value is -2.12. The number of methoxy groups -OCH3 is 1. The summed E-state index contributed by atoms with van der Waals surface area (Å²) in [5.41, 5.74) is 1.05. The molecular weight excluding hydrogens is 333 g/mol. The molecule has 26 heavy (non-hydrogen) atoms. The average Bonchev–Trinajstić information content (AvgIpc) is 2.81. The zero-order chi connectivity index (χ0) is 19.1. The molecule has 1 aromatic heterocycles. The van der Waals surface area contributed by atoms with Gasteiger partial charge in [0.2, 0.25) is 5.88 Å². The highest BCUT2D eigenvalue weighted by molar-refractivity contribution is 6.62. The molecule has 0 radical (unpaired) electrons. The fourth-order valence-corrected chi connectivity index (χ4v) is 2.80. The number of pyridine rings is 1. The van der Waals surface area contributed by atoms with Gasteiger partial charge in [-0.25, -0.2) is 9.78 Å². The van der Waals surface area contributed by atoms with E-state index in [1.54, 1.807) is 13.0 Å². The largest absolute Gasteiger partial charge is 0.494 e. The molecule has 0 unspecified atom stereocenters. The molecule has 7 heteroatoms. The number of carbonyl (C=O) groups is 1. The number of aromatic nitrogens is 1. The number of nitrogens with zero attached hydrogens (tertiary/aromatic N) is 1. The van der Waals surface area contributed by atoms with Crippen LogP contribution in [0, 0.1) is 0 Å². The lowest BCUT2D eigenvalue weighted by atomic mass is 9.78. The summed E-state index contributed by atoms with van der Waals surface area (Å²) in [5.74, 6) is -0.212. The highest BCUT2D eigenvalue weighted by atomic mass is 16.7. The van der Waals surface area contributed by atoms with E-state index < -0.39 is 24.3 Å². The van der Waals surface area contributed by atoms with E-state index in [4.69, 9.17) is 18.8 Å². The molecule has 2 aromatic rings. The molecule has 0 amide bonds. The molecule has 1 aliphatic rings. The Morgan fingerprint density at radius 1 is 1.19 bits per heavy atom. The highest BCUT2D eigenvalue weighted by Crippen LogP contribution is 2.36. The van der Waals surface area contributed by atoms with Gasteiger partial charge in [-0.2, -0.15) is 0 Å². The molecule has 0 N–H and O–H groups in total.